The summed E-state index contributed by atoms with van der Waals surface area (Å²) in [7, 11) is 1.33. The molecule has 2 heterocycles. The maximum Gasteiger partial charge on any atom is 0.337 e. The van der Waals surface area contributed by atoms with Crippen LogP contribution in [0, 0.1) is 0 Å². The van der Waals surface area contributed by atoms with Gasteiger partial charge in [0.25, 0.3) is 5.91 Å². The van der Waals surface area contributed by atoms with Gasteiger partial charge >= 0.3 is 5.97 Å². The molecule has 0 bridgehead atoms. The van der Waals surface area contributed by atoms with Crippen LogP contribution >= 0.6 is 0 Å². The Morgan fingerprint density at radius 2 is 1.83 bits per heavy atom. The second kappa shape index (κ2) is 7.89. The van der Waals surface area contributed by atoms with Crippen LogP contribution < -0.4 is 20.1 Å². The van der Waals surface area contributed by atoms with E-state index in [4.69, 9.17) is 14.2 Å². The number of hydrogen-bond acceptors (Lipinski definition) is 7. The molecule has 29 heavy (non-hydrogen) atoms. The summed E-state index contributed by atoms with van der Waals surface area (Å²) in [5, 5.41) is 5.88. The number of nitrogens with one attached hydrogen (secondary N) is 2. The van der Waals surface area contributed by atoms with E-state index in [1.807, 2.05) is 0 Å². The largest absolute Gasteiger partial charge is 0.465 e. The molecule has 0 saturated heterocycles. The minimum atomic E-state index is -0.419. The average Bonchev–Trinajstić information content (AvgIpc) is 3.22. The minimum Gasteiger partial charge on any atom is -0.465 e. The zero-order valence-electron chi connectivity index (χ0n) is 15.5. The fourth-order valence-electron chi connectivity index (χ4n) is 2.77. The Morgan fingerprint density at radius 1 is 0.966 bits per heavy atom. The molecular formula is C21H17N3O5. The van der Waals surface area contributed by atoms with Crippen LogP contribution in [0.1, 0.15) is 20.7 Å². The second-order valence-electron chi connectivity index (χ2n) is 6.15. The Balaban J connectivity index is 1.42. The van der Waals surface area contributed by atoms with E-state index in [2.05, 4.69) is 15.6 Å². The van der Waals surface area contributed by atoms with E-state index in [1.165, 1.54) is 13.3 Å². The van der Waals surface area contributed by atoms with Crippen LogP contribution in [-0.2, 0) is 4.74 Å². The van der Waals surface area contributed by atoms with Crippen LogP contribution in [0.2, 0.25) is 0 Å². The number of hydrogen-bond donors (Lipinski definition) is 2. The first-order valence-electron chi connectivity index (χ1n) is 8.75. The third-order valence-electron chi connectivity index (χ3n) is 4.21. The molecule has 1 aliphatic heterocycles. The van der Waals surface area contributed by atoms with Crippen LogP contribution in [0.15, 0.2) is 60.8 Å². The fourth-order valence-corrected chi connectivity index (χ4v) is 2.77. The maximum atomic E-state index is 12.4. The number of fused-ring (bicyclic) bond motifs is 1. The van der Waals surface area contributed by atoms with E-state index in [9.17, 15) is 9.59 Å². The first kappa shape index (κ1) is 18.3. The van der Waals surface area contributed by atoms with E-state index >= 15 is 0 Å². The molecule has 8 nitrogen and oxygen atoms in total. The Hall–Kier alpha value is -4.07. The average molecular weight is 391 g/mol. The van der Waals surface area contributed by atoms with Crippen LogP contribution in [0.4, 0.5) is 17.2 Å². The lowest BCUT2D eigenvalue weighted by Gasteiger charge is -2.09. The summed E-state index contributed by atoms with van der Waals surface area (Å²) in [5.41, 5.74) is 2.10. The number of anilines is 3. The number of aromatic nitrogens is 1. The minimum absolute atomic E-state index is 0.174. The molecule has 0 aliphatic carbocycles. The summed E-state index contributed by atoms with van der Waals surface area (Å²) < 4.78 is 15.3. The number of esters is 1. The molecular weight excluding hydrogens is 374 g/mol. The molecule has 1 aromatic heterocycles. The van der Waals surface area contributed by atoms with E-state index in [0.29, 0.717) is 39.8 Å². The zero-order chi connectivity index (χ0) is 20.2. The zero-order valence-corrected chi connectivity index (χ0v) is 15.5. The lowest BCUT2D eigenvalue weighted by atomic mass is 10.2. The van der Waals surface area contributed by atoms with Gasteiger partial charge in [-0.05, 0) is 42.5 Å². The molecule has 4 rings (SSSR count). The molecule has 0 unspecified atom stereocenters. The summed E-state index contributed by atoms with van der Waals surface area (Å²) in [6.07, 6.45) is 1.47. The Bertz CT molecular complexity index is 1070. The van der Waals surface area contributed by atoms with Gasteiger partial charge in [-0.1, -0.05) is 6.07 Å². The molecule has 1 aliphatic rings. The molecule has 2 aromatic carbocycles. The number of benzene rings is 2. The third-order valence-corrected chi connectivity index (χ3v) is 4.21. The van der Waals surface area contributed by atoms with Gasteiger partial charge in [-0.3, -0.25) is 4.79 Å². The Kier molecular flexibility index (Phi) is 4.98. The molecule has 8 heteroatoms. The number of amides is 1. The summed E-state index contributed by atoms with van der Waals surface area (Å²) >= 11 is 0. The number of pyridine rings is 1. The van der Waals surface area contributed by atoms with Crippen molar-refractivity contribution in [3.8, 4) is 11.5 Å². The molecule has 0 saturated carbocycles. The van der Waals surface area contributed by atoms with Crippen LogP contribution in [0.25, 0.3) is 0 Å². The number of ether oxygens (including phenoxy) is 3. The highest BCUT2D eigenvalue weighted by Gasteiger charge is 2.15. The van der Waals surface area contributed by atoms with Crippen LogP contribution in [-0.4, -0.2) is 30.8 Å². The van der Waals surface area contributed by atoms with Gasteiger partial charge in [0.15, 0.2) is 11.5 Å². The molecule has 0 spiro atoms. The van der Waals surface area contributed by atoms with Crippen molar-refractivity contribution in [2.45, 2.75) is 0 Å². The molecule has 146 valence electrons. The monoisotopic (exact) mass is 391 g/mol. The second-order valence-corrected chi connectivity index (χ2v) is 6.15. The maximum absolute atomic E-state index is 12.4. The lowest BCUT2D eigenvalue weighted by molar-refractivity contribution is 0.0600. The SMILES string of the molecule is COC(=O)c1cccc(Nc2ccc(C(=O)Nc3ccc4c(c3)OCO4)cn2)c1. The van der Waals surface area contributed by atoms with Gasteiger partial charge in [0.05, 0.1) is 18.2 Å². The first-order valence-corrected chi connectivity index (χ1v) is 8.75. The molecule has 3 aromatic rings. The van der Waals surface area contributed by atoms with Gasteiger partial charge in [-0.25, -0.2) is 9.78 Å². The lowest BCUT2D eigenvalue weighted by Crippen LogP contribution is -2.12. The number of nitrogens with zero attached hydrogens (tertiary/aromatic N) is 1. The number of carbonyl (C=O) groups is 2. The van der Waals surface area contributed by atoms with Crippen molar-refractivity contribution in [3.05, 3.63) is 71.9 Å². The van der Waals surface area contributed by atoms with E-state index in [0.717, 1.165) is 0 Å². The summed E-state index contributed by atoms with van der Waals surface area (Å²) in [6.45, 7) is 0.174. The first-order chi connectivity index (χ1) is 14.1. The molecule has 0 radical (unpaired) electrons. The number of carbonyl (C=O) groups excluding carboxylic acids is 2. The highest BCUT2D eigenvalue weighted by molar-refractivity contribution is 6.04. The summed E-state index contributed by atoms with van der Waals surface area (Å²) in [5.74, 6) is 1.06. The molecule has 0 atom stereocenters. The Labute approximate surface area is 166 Å². The van der Waals surface area contributed by atoms with Crippen molar-refractivity contribution in [2.75, 3.05) is 24.5 Å². The summed E-state index contributed by atoms with van der Waals surface area (Å²) in [4.78, 5) is 28.3. The standard InChI is InChI=1S/C21H17N3O5/c1-27-21(26)13-3-2-4-15(9-13)23-19-8-5-14(11-22-19)20(25)24-16-6-7-17-18(10-16)29-12-28-17/h2-11H,12H2,1H3,(H,22,23)(H,24,25). The third kappa shape index (κ3) is 4.11. The smallest absolute Gasteiger partial charge is 0.337 e. The van der Waals surface area contributed by atoms with Crippen LogP contribution in [0.5, 0.6) is 11.5 Å². The van der Waals surface area contributed by atoms with Crippen molar-refractivity contribution in [3.63, 3.8) is 0 Å². The number of methoxy groups -OCH3 is 1. The van der Waals surface area contributed by atoms with Gasteiger partial charge in [0.2, 0.25) is 6.79 Å². The molecule has 0 fully saturated rings. The van der Waals surface area contributed by atoms with Crippen molar-refractivity contribution in [1.82, 2.24) is 4.98 Å². The van der Waals surface area contributed by atoms with Gasteiger partial charge in [0.1, 0.15) is 5.82 Å². The predicted molar refractivity (Wildman–Crippen MR) is 106 cm³/mol. The summed E-state index contributed by atoms with van der Waals surface area (Å²) in [6, 6.07) is 15.4. The van der Waals surface area contributed by atoms with Gasteiger partial charge < -0.3 is 24.8 Å². The molecule has 1 amide bonds. The van der Waals surface area contributed by atoms with Gasteiger partial charge in [-0.2, -0.15) is 0 Å². The quantitative estimate of drug-likeness (QED) is 0.641. The van der Waals surface area contributed by atoms with Gasteiger partial charge in [-0.15, -0.1) is 0 Å². The Morgan fingerprint density at radius 3 is 2.62 bits per heavy atom. The van der Waals surface area contributed by atoms with E-state index in [1.54, 1.807) is 54.6 Å². The molecule has 2 N–H and O–H groups in total. The van der Waals surface area contributed by atoms with Crippen molar-refractivity contribution in [1.29, 1.82) is 0 Å². The van der Waals surface area contributed by atoms with Crippen LogP contribution in [0.3, 0.4) is 0 Å². The van der Waals surface area contributed by atoms with Gasteiger partial charge in [0, 0.05) is 23.6 Å². The topological polar surface area (TPSA) is 98.8 Å². The van der Waals surface area contributed by atoms with Crippen molar-refractivity contribution < 1.29 is 23.8 Å². The predicted octanol–water partition coefficient (Wildman–Crippen LogP) is 3.59. The van der Waals surface area contributed by atoms with E-state index < -0.39 is 5.97 Å². The highest BCUT2D eigenvalue weighted by atomic mass is 16.7. The fraction of sp³-hybridized carbons (Fsp3) is 0.0952. The normalized spacial score (nSPS) is 11.6. The van der Waals surface area contributed by atoms with Crippen molar-refractivity contribution in [2.24, 2.45) is 0 Å². The highest BCUT2D eigenvalue weighted by Crippen LogP contribution is 2.34. The number of rotatable bonds is 5. The van der Waals surface area contributed by atoms with Crippen molar-refractivity contribution >= 4 is 29.1 Å². The van der Waals surface area contributed by atoms with E-state index in [-0.39, 0.29) is 12.7 Å².